The molecule has 10 heteroatoms. The van der Waals surface area contributed by atoms with Crippen molar-refractivity contribution in [3.05, 3.63) is 40.3 Å². The van der Waals surface area contributed by atoms with Crippen LogP contribution >= 0.6 is 15.9 Å². The van der Waals surface area contributed by atoms with Crippen LogP contribution in [0.5, 0.6) is 0 Å². The zero-order valence-corrected chi connectivity index (χ0v) is 20.9. The van der Waals surface area contributed by atoms with Gasteiger partial charge in [0.15, 0.2) is 11.5 Å². The van der Waals surface area contributed by atoms with E-state index >= 15 is 0 Å². The molecule has 1 atom stereocenters. The van der Waals surface area contributed by atoms with Crippen LogP contribution < -0.4 is 10.2 Å². The fourth-order valence-corrected chi connectivity index (χ4v) is 4.76. The Morgan fingerprint density at radius 1 is 1.37 bits per heavy atom. The summed E-state index contributed by atoms with van der Waals surface area (Å²) in [6.07, 6.45) is 6.05. The number of carbonyl (C=O) groups excluding carboxylic acids is 2. The summed E-state index contributed by atoms with van der Waals surface area (Å²) in [5, 5.41) is 17.3. The summed E-state index contributed by atoms with van der Waals surface area (Å²) >= 11 is 3.43. The van der Waals surface area contributed by atoms with Gasteiger partial charge in [0.2, 0.25) is 12.3 Å². The molecule has 1 N–H and O–H groups in total. The molecular weight excluding hydrogens is 512 g/mol. The summed E-state index contributed by atoms with van der Waals surface area (Å²) in [5.41, 5.74) is 1.37. The first kappa shape index (κ1) is 22.3. The van der Waals surface area contributed by atoms with Gasteiger partial charge in [-0.25, -0.2) is 9.67 Å². The minimum absolute atomic E-state index is 0.0216. The molecular formula is C25H25BrN6O3. The van der Waals surface area contributed by atoms with E-state index in [1.807, 2.05) is 28.9 Å². The first-order valence-electron chi connectivity index (χ1n) is 11.9. The van der Waals surface area contributed by atoms with Gasteiger partial charge in [-0.05, 0) is 56.7 Å². The molecule has 0 spiro atoms. The second-order valence-corrected chi connectivity index (χ2v) is 11.2. The Hall–Kier alpha value is -3.19. The fraction of sp³-hybridized carbons (Fsp3) is 0.480. The van der Waals surface area contributed by atoms with Gasteiger partial charge >= 0.3 is 0 Å². The molecule has 3 aliphatic rings. The van der Waals surface area contributed by atoms with Gasteiger partial charge in [0.25, 0.3) is 0 Å². The lowest BCUT2D eigenvalue weighted by molar-refractivity contribution is -0.124. The molecule has 3 saturated carbocycles. The van der Waals surface area contributed by atoms with Gasteiger partial charge in [-0.1, -0.05) is 22.9 Å². The Kier molecular flexibility index (Phi) is 5.04. The van der Waals surface area contributed by atoms with Crippen molar-refractivity contribution in [2.75, 3.05) is 4.90 Å². The average Bonchev–Trinajstić information content (AvgIpc) is 3.80. The van der Waals surface area contributed by atoms with E-state index in [1.54, 1.807) is 0 Å². The molecule has 0 unspecified atom stereocenters. The van der Waals surface area contributed by atoms with Gasteiger partial charge in [-0.3, -0.25) is 14.5 Å². The normalized spacial score (nSPS) is 20.1. The molecule has 3 aliphatic carbocycles. The lowest BCUT2D eigenvalue weighted by Crippen LogP contribution is -2.51. The summed E-state index contributed by atoms with van der Waals surface area (Å²) < 4.78 is 8.69. The van der Waals surface area contributed by atoms with Crippen molar-refractivity contribution in [3.8, 4) is 6.07 Å². The van der Waals surface area contributed by atoms with E-state index in [-0.39, 0.29) is 17.9 Å². The maximum Gasteiger partial charge on any atom is 0.245 e. The number of hydrogen-bond acceptors (Lipinski definition) is 6. The Morgan fingerprint density at radius 3 is 2.77 bits per heavy atom. The molecule has 2 aromatic heterocycles. The summed E-state index contributed by atoms with van der Waals surface area (Å²) in [6.45, 7) is 2.17. The van der Waals surface area contributed by atoms with Crippen molar-refractivity contribution in [1.29, 1.82) is 5.26 Å². The predicted molar refractivity (Wildman–Crippen MR) is 131 cm³/mol. The molecule has 35 heavy (non-hydrogen) atoms. The Labute approximate surface area is 210 Å². The molecule has 6 rings (SSSR count). The summed E-state index contributed by atoms with van der Waals surface area (Å²) in [7, 11) is 0. The molecule has 2 amide bonds. The largest absolute Gasteiger partial charge is 0.441 e. The molecule has 1 aromatic carbocycles. The van der Waals surface area contributed by atoms with Crippen LogP contribution in [-0.4, -0.2) is 38.7 Å². The van der Waals surface area contributed by atoms with Crippen LogP contribution in [0.2, 0.25) is 0 Å². The SMILES string of the molecule is CC1(c2cc(N(C=O)[C@@H](Cc3nc4ccc(Br)cc4o3)C(=O)NC3(C#N)CC3)n(C3CC3)n2)CC1. The third-order valence-corrected chi connectivity index (χ3v) is 7.83. The lowest BCUT2D eigenvalue weighted by atomic mass is 10.1. The first-order chi connectivity index (χ1) is 16.8. The van der Waals surface area contributed by atoms with Gasteiger partial charge in [-0.2, -0.15) is 10.4 Å². The number of nitriles is 1. The van der Waals surface area contributed by atoms with Crippen molar-refractivity contribution in [1.82, 2.24) is 20.1 Å². The Balaban J connectivity index is 1.38. The molecule has 0 saturated heterocycles. The number of benzene rings is 1. The molecule has 180 valence electrons. The summed E-state index contributed by atoms with van der Waals surface area (Å²) in [5.74, 6) is 0.549. The zero-order valence-electron chi connectivity index (χ0n) is 19.3. The van der Waals surface area contributed by atoms with Crippen LogP contribution in [0.1, 0.15) is 63.1 Å². The molecule has 3 aromatic rings. The number of rotatable bonds is 9. The van der Waals surface area contributed by atoms with Gasteiger partial charge in [-0.15, -0.1) is 0 Å². The van der Waals surface area contributed by atoms with Crippen molar-refractivity contribution >= 4 is 45.2 Å². The average molecular weight is 537 g/mol. The number of nitrogens with one attached hydrogen (secondary N) is 1. The highest BCUT2D eigenvalue weighted by Gasteiger charge is 2.47. The quantitative estimate of drug-likeness (QED) is 0.414. The number of hydrogen-bond donors (Lipinski definition) is 1. The minimum atomic E-state index is -0.941. The number of amides is 2. The van der Waals surface area contributed by atoms with Crippen molar-refractivity contribution in [3.63, 3.8) is 0 Å². The maximum atomic E-state index is 13.5. The lowest BCUT2D eigenvalue weighted by Gasteiger charge is -2.27. The fourth-order valence-electron chi connectivity index (χ4n) is 4.42. The van der Waals surface area contributed by atoms with E-state index in [0.29, 0.717) is 42.1 Å². The first-order valence-corrected chi connectivity index (χ1v) is 12.7. The number of fused-ring (bicyclic) bond motifs is 1. The number of oxazole rings is 1. The second kappa shape index (κ2) is 7.92. The van der Waals surface area contributed by atoms with E-state index in [2.05, 4.69) is 39.2 Å². The number of aromatic nitrogens is 3. The molecule has 9 nitrogen and oxygen atoms in total. The van der Waals surface area contributed by atoms with Gasteiger partial charge in [0.05, 0.1) is 24.2 Å². The minimum Gasteiger partial charge on any atom is -0.441 e. The van der Waals surface area contributed by atoms with Crippen LogP contribution in [0.3, 0.4) is 0 Å². The molecule has 0 aliphatic heterocycles. The van der Waals surface area contributed by atoms with Gasteiger partial charge in [0, 0.05) is 16.0 Å². The summed E-state index contributed by atoms with van der Waals surface area (Å²) in [4.78, 5) is 32.1. The number of halogens is 1. The molecule has 0 radical (unpaired) electrons. The van der Waals surface area contributed by atoms with Crippen LogP contribution in [0.4, 0.5) is 5.82 Å². The highest BCUT2D eigenvalue weighted by Crippen LogP contribution is 2.49. The topological polar surface area (TPSA) is 117 Å². The highest BCUT2D eigenvalue weighted by atomic mass is 79.9. The third-order valence-electron chi connectivity index (χ3n) is 7.33. The van der Waals surface area contributed by atoms with Crippen LogP contribution in [0.15, 0.2) is 33.2 Å². The van der Waals surface area contributed by atoms with Crippen LogP contribution in [-0.2, 0) is 21.4 Å². The third kappa shape index (κ3) is 4.12. The Morgan fingerprint density at radius 2 is 2.14 bits per heavy atom. The number of anilines is 1. The zero-order chi connectivity index (χ0) is 24.4. The van der Waals surface area contributed by atoms with Crippen molar-refractivity contribution in [2.24, 2.45) is 0 Å². The monoisotopic (exact) mass is 536 g/mol. The van der Waals surface area contributed by atoms with E-state index in [1.165, 1.54) is 4.90 Å². The molecule has 0 bridgehead atoms. The summed E-state index contributed by atoms with van der Waals surface area (Å²) in [6, 6.07) is 8.95. The van der Waals surface area contributed by atoms with E-state index in [9.17, 15) is 14.9 Å². The van der Waals surface area contributed by atoms with Crippen LogP contribution in [0, 0.1) is 11.3 Å². The second-order valence-electron chi connectivity index (χ2n) is 10.3. The van der Waals surface area contributed by atoms with Crippen LogP contribution in [0.25, 0.3) is 11.1 Å². The highest BCUT2D eigenvalue weighted by molar-refractivity contribution is 9.10. The number of carbonyl (C=O) groups is 2. The standard InChI is InChI=1S/C25H25BrN6O3/c1-24(6-7-24)20-12-22(32(30-20)16-3-4-16)31(14-33)18(23(34)29-25(13-27)8-9-25)11-21-28-17-5-2-15(26)10-19(17)35-21/h2,5,10,12,14,16,18H,3-4,6-9,11H2,1H3,(H,29,34)/t18-/m0/s1. The predicted octanol–water partition coefficient (Wildman–Crippen LogP) is 3.92. The molecule has 2 heterocycles. The van der Waals surface area contributed by atoms with Crippen molar-refractivity contribution < 1.29 is 14.0 Å². The van der Waals surface area contributed by atoms with Crippen molar-refractivity contribution in [2.45, 2.75) is 74.9 Å². The van der Waals surface area contributed by atoms with Gasteiger partial charge in [0.1, 0.15) is 22.9 Å². The Bertz CT molecular complexity index is 1380. The smallest absolute Gasteiger partial charge is 0.245 e. The van der Waals surface area contributed by atoms with E-state index < -0.39 is 17.5 Å². The molecule has 3 fully saturated rings. The van der Waals surface area contributed by atoms with E-state index in [0.717, 1.165) is 35.8 Å². The maximum absolute atomic E-state index is 13.5. The van der Waals surface area contributed by atoms with E-state index in [4.69, 9.17) is 9.52 Å². The number of nitrogens with zero attached hydrogens (tertiary/aromatic N) is 5. The van der Waals surface area contributed by atoms with Gasteiger partial charge < -0.3 is 9.73 Å².